The average molecular weight is 308 g/mol. The minimum absolute atomic E-state index is 0.0179. The lowest BCUT2D eigenvalue weighted by molar-refractivity contribution is 0.0790. The summed E-state index contributed by atoms with van der Waals surface area (Å²) in [6, 6.07) is 15.0. The van der Waals surface area contributed by atoms with E-state index in [1.165, 1.54) is 0 Å². The SMILES string of the molecule is CC(=O)c1ccccc1-c1ccc(C(=O)N2CC[C@H](N)C2)cc1. The van der Waals surface area contributed by atoms with Crippen LogP contribution in [0.15, 0.2) is 48.5 Å². The average Bonchev–Trinajstić information content (AvgIpc) is 3.01. The first-order valence-electron chi connectivity index (χ1n) is 7.81. The van der Waals surface area contributed by atoms with Crippen molar-refractivity contribution in [2.45, 2.75) is 19.4 Å². The molecule has 1 amide bonds. The third-order valence-corrected chi connectivity index (χ3v) is 4.26. The van der Waals surface area contributed by atoms with E-state index in [1.54, 1.807) is 11.8 Å². The predicted molar refractivity (Wildman–Crippen MR) is 90.4 cm³/mol. The van der Waals surface area contributed by atoms with Crippen LogP contribution in [0.3, 0.4) is 0 Å². The van der Waals surface area contributed by atoms with Crippen LogP contribution in [0.1, 0.15) is 34.1 Å². The van der Waals surface area contributed by atoms with Gasteiger partial charge in [0.1, 0.15) is 0 Å². The number of carbonyl (C=O) groups is 2. The van der Waals surface area contributed by atoms with Gasteiger partial charge in [0, 0.05) is 30.3 Å². The monoisotopic (exact) mass is 308 g/mol. The van der Waals surface area contributed by atoms with Crippen LogP contribution < -0.4 is 5.73 Å². The Morgan fingerprint density at radius 3 is 2.39 bits per heavy atom. The van der Waals surface area contributed by atoms with Gasteiger partial charge in [-0.25, -0.2) is 0 Å². The Hall–Kier alpha value is -2.46. The van der Waals surface area contributed by atoms with Crippen LogP contribution in [0.4, 0.5) is 0 Å². The summed E-state index contributed by atoms with van der Waals surface area (Å²) < 4.78 is 0. The molecule has 0 bridgehead atoms. The third-order valence-electron chi connectivity index (χ3n) is 4.26. The molecule has 4 heteroatoms. The van der Waals surface area contributed by atoms with E-state index in [0.29, 0.717) is 17.7 Å². The molecule has 2 aromatic rings. The van der Waals surface area contributed by atoms with E-state index in [1.807, 2.05) is 48.5 Å². The second-order valence-corrected chi connectivity index (χ2v) is 5.98. The maximum Gasteiger partial charge on any atom is 0.253 e. The molecule has 118 valence electrons. The normalized spacial score (nSPS) is 17.3. The molecule has 0 unspecified atom stereocenters. The van der Waals surface area contributed by atoms with Crippen LogP contribution >= 0.6 is 0 Å². The van der Waals surface area contributed by atoms with Gasteiger partial charge in [-0.3, -0.25) is 9.59 Å². The molecule has 0 spiro atoms. The van der Waals surface area contributed by atoms with Crippen molar-refractivity contribution in [3.63, 3.8) is 0 Å². The van der Waals surface area contributed by atoms with E-state index in [9.17, 15) is 9.59 Å². The molecule has 1 aliphatic rings. The molecule has 1 heterocycles. The Kier molecular flexibility index (Phi) is 4.26. The molecule has 1 saturated heterocycles. The van der Waals surface area contributed by atoms with Crippen molar-refractivity contribution in [1.82, 2.24) is 4.90 Å². The van der Waals surface area contributed by atoms with Crippen molar-refractivity contribution in [3.05, 3.63) is 59.7 Å². The second kappa shape index (κ2) is 6.34. The zero-order chi connectivity index (χ0) is 16.4. The highest BCUT2D eigenvalue weighted by atomic mass is 16.2. The quantitative estimate of drug-likeness (QED) is 0.887. The zero-order valence-corrected chi connectivity index (χ0v) is 13.2. The predicted octanol–water partition coefficient (Wildman–Crippen LogP) is 2.73. The lowest BCUT2D eigenvalue weighted by Crippen LogP contribution is -2.31. The van der Waals surface area contributed by atoms with Gasteiger partial charge in [-0.15, -0.1) is 0 Å². The summed E-state index contributed by atoms with van der Waals surface area (Å²) in [4.78, 5) is 26.0. The number of Topliss-reactive ketones (excluding diaryl/α,β-unsaturated/α-hetero) is 1. The van der Waals surface area contributed by atoms with E-state index in [0.717, 1.165) is 24.1 Å². The molecule has 1 fully saturated rings. The minimum atomic E-state index is 0.0179. The number of amides is 1. The molecule has 3 rings (SSSR count). The van der Waals surface area contributed by atoms with Crippen molar-refractivity contribution in [1.29, 1.82) is 0 Å². The fourth-order valence-electron chi connectivity index (χ4n) is 2.99. The van der Waals surface area contributed by atoms with Crippen LogP contribution in [0.5, 0.6) is 0 Å². The standard InChI is InChI=1S/C19H20N2O2/c1-13(22)17-4-2-3-5-18(17)14-6-8-15(9-7-14)19(23)21-11-10-16(20)12-21/h2-9,16H,10-12,20H2,1H3/t16-/m0/s1. The van der Waals surface area contributed by atoms with E-state index >= 15 is 0 Å². The van der Waals surface area contributed by atoms with Gasteiger partial charge in [0.05, 0.1) is 0 Å². The maximum absolute atomic E-state index is 12.4. The summed E-state index contributed by atoms with van der Waals surface area (Å²) >= 11 is 0. The molecule has 23 heavy (non-hydrogen) atoms. The molecule has 0 aliphatic carbocycles. The Morgan fingerprint density at radius 1 is 1.09 bits per heavy atom. The fourth-order valence-corrected chi connectivity index (χ4v) is 2.99. The smallest absolute Gasteiger partial charge is 0.253 e. The van der Waals surface area contributed by atoms with Crippen LogP contribution in [0, 0.1) is 0 Å². The van der Waals surface area contributed by atoms with Gasteiger partial charge in [-0.2, -0.15) is 0 Å². The number of likely N-dealkylation sites (tertiary alicyclic amines) is 1. The van der Waals surface area contributed by atoms with Crippen LogP contribution in [0.25, 0.3) is 11.1 Å². The van der Waals surface area contributed by atoms with Gasteiger partial charge in [0.15, 0.2) is 5.78 Å². The Balaban J connectivity index is 1.85. The molecule has 4 nitrogen and oxygen atoms in total. The number of hydrogen-bond acceptors (Lipinski definition) is 3. The maximum atomic E-state index is 12.4. The van der Waals surface area contributed by atoms with Crippen molar-refractivity contribution >= 4 is 11.7 Å². The Morgan fingerprint density at radius 2 is 1.78 bits per heavy atom. The van der Waals surface area contributed by atoms with Gasteiger partial charge in [-0.05, 0) is 36.6 Å². The lowest BCUT2D eigenvalue weighted by Gasteiger charge is -2.16. The van der Waals surface area contributed by atoms with Gasteiger partial charge in [-0.1, -0.05) is 36.4 Å². The summed E-state index contributed by atoms with van der Waals surface area (Å²) in [5.41, 5.74) is 9.03. The van der Waals surface area contributed by atoms with Gasteiger partial charge < -0.3 is 10.6 Å². The number of hydrogen-bond donors (Lipinski definition) is 1. The van der Waals surface area contributed by atoms with E-state index in [-0.39, 0.29) is 17.7 Å². The van der Waals surface area contributed by atoms with Crippen LogP contribution in [-0.4, -0.2) is 35.7 Å². The molecule has 0 radical (unpaired) electrons. The molecular formula is C19H20N2O2. The fraction of sp³-hybridized carbons (Fsp3) is 0.263. The number of rotatable bonds is 3. The molecule has 2 N–H and O–H groups in total. The second-order valence-electron chi connectivity index (χ2n) is 5.98. The number of nitrogens with zero attached hydrogens (tertiary/aromatic N) is 1. The lowest BCUT2D eigenvalue weighted by atomic mass is 9.96. The van der Waals surface area contributed by atoms with Crippen LogP contribution in [0.2, 0.25) is 0 Å². The minimum Gasteiger partial charge on any atom is -0.337 e. The number of carbonyl (C=O) groups excluding carboxylic acids is 2. The van der Waals surface area contributed by atoms with Crippen molar-refractivity contribution < 1.29 is 9.59 Å². The van der Waals surface area contributed by atoms with Crippen molar-refractivity contribution in [2.24, 2.45) is 5.73 Å². The summed E-state index contributed by atoms with van der Waals surface area (Å²) in [6.07, 6.45) is 0.857. The molecule has 1 aliphatic heterocycles. The first-order valence-corrected chi connectivity index (χ1v) is 7.81. The van der Waals surface area contributed by atoms with E-state index in [4.69, 9.17) is 5.73 Å². The largest absolute Gasteiger partial charge is 0.337 e. The Labute approximate surface area is 135 Å². The summed E-state index contributed by atoms with van der Waals surface area (Å²) in [7, 11) is 0. The molecule has 0 aromatic heterocycles. The van der Waals surface area contributed by atoms with E-state index in [2.05, 4.69) is 0 Å². The Bertz CT molecular complexity index is 737. The van der Waals surface area contributed by atoms with Crippen molar-refractivity contribution in [3.8, 4) is 11.1 Å². The van der Waals surface area contributed by atoms with Crippen LogP contribution in [-0.2, 0) is 0 Å². The first-order chi connectivity index (χ1) is 11.1. The topological polar surface area (TPSA) is 63.4 Å². The van der Waals surface area contributed by atoms with Gasteiger partial charge in [0.25, 0.3) is 5.91 Å². The zero-order valence-electron chi connectivity index (χ0n) is 13.2. The highest BCUT2D eigenvalue weighted by Gasteiger charge is 2.24. The molecule has 1 atom stereocenters. The van der Waals surface area contributed by atoms with E-state index < -0.39 is 0 Å². The highest BCUT2D eigenvalue weighted by molar-refractivity contribution is 6.01. The summed E-state index contributed by atoms with van der Waals surface area (Å²) in [6.45, 7) is 2.90. The third kappa shape index (κ3) is 3.17. The first kappa shape index (κ1) is 15.4. The molecule has 0 saturated carbocycles. The highest BCUT2D eigenvalue weighted by Crippen LogP contribution is 2.25. The van der Waals surface area contributed by atoms with Gasteiger partial charge >= 0.3 is 0 Å². The molecular weight excluding hydrogens is 288 g/mol. The molecule has 2 aromatic carbocycles. The number of ketones is 1. The summed E-state index contributed by atoms with van der Waals surface area (Å²) in [5.74, 6) is 0.0520. The van der Waals surface area contributed by atoms with Gasteiger partial charge in [0.2, 0.25) is 0 Å². The number of nitrogens with two attached hydrogens (primary N) is 1. The van der Waals surface area contributed by atoms with Crippen molar-refractivity contribution in [2.75, 3.05) is 13.1 Å². The number of benzene rings is 2. The summed E-state index contributed by atoms with van der Waals surface area (Å²) in [5, 5.41) is 0.